The summed E-state index contributed by atoms with van der Waals surface area (Å²) < 4.78 is 0. The highest BCUT2D eigenvalue weighted by atomic mass is 35.5. The van der Waals surface area contributed by atoms with Crippen LogP contribution in [0, 0.1) is 0 Å². The van der Waals surface area contributed by atoms with Crippen molar-refractivity contribution in [3.05, 3.63) is 33.8 Å². The Bertz CT molecular complexity index is 391. The predicted molar refractivity (Wildman–Crippen MR) is 66.7 cm³/mol. The minimum Gasteiger partial charge on any atom is -0.465 e. The van der Waals surface area contributed by atoms with E-state index >= 15 is 0 Å². The fraction of sp³-hybridized carbons (Fsp3) is 0.364. The number of aliphatic hydroxyl groups excluding tert-OH is 1. The van der Waals surface area contributed by atoms with Crippen LogP contribution in [-0.2, 0) is 0 Å². The Balaban J connectivity index is 3.16. The van der Waals surface area contributed by atoms with Gasteiger partial charge in [0.25, 0.3) is 0 Å². The second-order valence-electron chi connectivity index (χ2n) is 3.54. The van der Waals surface area contributed by atoms with E-state index in [0.717, 1.165) is 0 Å². The van der Waals surface area contributed by atoms with Gasteiger partial charge < -0.3 is 15.5 Å². The standard InChI is InChI=1S/C11H13Cl2NO3/c1-2-8(15)10(14-11(16)17)9-6(12)4-3-5-7(9)13/h3-5,8,10,14-15H,2H2,1H3,(H,16,17)/t8-,10+/m1/s1. The quantitative estimate of drug-likeness (QED) is 0.792. The maximum absolute atomic E-state index is 10.7. The van der Waals surface area contributed by atoms with Gasteiger partial charge in [-0.15, -0.1) is 0 Å². The first kappa shape index (κ1) is 14.1. The Morgan fingerprint density at radius 3 is 2.35 bits per heavy atom. The summed E-state index contributed by atoms with van der Waals surface area (Å²) in [6.45, 7) is 1.74. The molecule has 0 fully saturated rings. The molecule has 2 atom stereocenters. The first-order chi connectivity index (χ1) is 7.97. The van der Waals surface area contributed by atoms with E-state index in [9.17, 15) is 9.90 Å². The van der Waals surface area contributed by atoms with Gasteiger partial charge in [-0.3, -0.25) is 0 Å². The number of hydrogen-bond acceptors (Lipinski definition) is 2. The summed E-state index contributed by atoms with van der Waals surface area (Å²) >= 11 is 12.0. The Hall–Kier alpha value is -0.970. The SMILES string of the molecule is CC[C@@H](O)[C@H](NC(=O)O)c1c(Cl)cccc1Cl. The lowest BCUT2D eigenvalue weighted by Crippen LogP contribution is -2.35. The molecule has 0 aromatic heterocycles. The number of nitrogens with one attached hydrogen (secondary N) is 1. The molecule has 0 bridgehead atoms. The van der Waals surface area contributed by atoms with Gasteiger partial charge in [-0.25, -0.2) is 4.79 Å². The largest absolute Gasteiger partial charge is 0.465 e. The van der Waals surface area contributed by atoms with E-state index in [2.05, 4.69) is 5.32 Å². The fourth-order valence-electron chi connectivity index (χ4n) is 1.54. The second-order valence-corrected chi connectivity index (χ2v) is 4.35. The molecular weight excluding hydrogens is 265 g/mol. The van der Waals surface area contributed by atoms with Crippen molar-refractivity contribution in [2.45, 2.75) is 25.5 Å². The van der Waals surface area contributed by atoms with E-state index in [1.807, 2.05) is 0 Å². The zero-order chi connectivity index (χ0) is 13.0. The van der Waals surface area contributed by atoms with Crippen molar-refractivity contribution in [1.82, 2.24) is 5.32 Å². The van der Waals surface area contributed by atoms with Crippen molar-refractivity contribution in [2.75, 3.05) is 0 Å². The van der Waals surface area contributed by atoms with Gasteiger partial charge in [0.15, 0.2) is 0 Å². The van der Waals surface area contributed by atoms with Crippen LogP contribution < -0.4 is 5.32 Å². The number of carbonyl (C=O) groups is 1. The Morgan fingerprint density at radius 1 is 1.41 bits per heavy atom. The molecule has 3 N–H and O–H groups in total. The number of amides is 1. The number of aliphatic hydroxyl groups is 1. The molecular formula is C11H13Cl2NO3. The molecule has 1 rings (SSSR count). The molecule has 1 aromatic rings. The van der Waals surface area contributed by atoms with Gasteiger partial charge in [0.2, 0.25) is 0 Å². The van der Waals surface area contributed by atoms with Crippen molar-refractivity contribution in [1.29, 1.82) is 0 Å². The van der Waals surface area contributed by atoms with Gasteiger partial charge in [-0.1, -0.05) is 36.2 Å². The average Bonchev–Trinajstić information content (AvgIpc) is 2.26. The summed E-state index contributed by atoms with van der Waals surface area (Å²) in [4.78, 5) is 10.7. The van der Waals surface area contributed by atoms with Crippen LogP contribution in [-0.4, -0.2) is 22.4 Å². The van der Waals surface area contributed by atoms with Gasteiger partial charge in [-0.2, -0.15) is 0 Å². The molecule has 0 saturated heterocycles. The molecule has 0 spiro atoms. The van der Waals surface area contributed by atoms with Crippen molar-refractivity contribution >= 4 is 29.3 Å². The first-order valence-corrected chi connectivity index (χ1v) is 5.84. The highest BCUT2D eigenvalue weighted by molar-refractivity contribution is 6.36. The molecule has 0 unspecified atom stereocenters. The van der Waals surface area contributed by atoms with Crippen molar-refractivity contribution in [2.24, 2.45) is 0 Å². The number of hydrogen-bond donors (Lipinski definition) is 3. The van der Waals surface area contributed by atoms with Gasteiger partial charge in [0.05, 0.1) is 12.1 Å². The molecule has 0 saturated carbocycles. The lowest BCUT2D eigenvalue weighted by molar-refractivity contribution is 0.116. The molecule has 4 nitrogen and oxygen atoms in total. The maximum atomic E-state index is 10.7. The average molecular weight is 278 g/mol. The van der Waals surface area contributed by atoms with Crippen LogP contribution in [0.1, 0.15) is 24.9 Å². The van der Waals surface area contributed by atoms with E-state index in [4.69, 9.17) is 28.3 Å². The van der Waals surface area contributed by atoms with Gasteiger partial charge in [-0.05, 0) is 18.6 Å². The van der Waals surface area contributed by atoms with E-state index in [1.165, 1.54) is 0 Å². The molecule has 0 aliphatic carbocycles. The molecule has 1 aromatic carbocycles. The van der Waals surface area contributed by atoms with Crippen molar-refractivity contribution < 1.29 is 15.0 Å². The molecule has 17 heavy (non-hydrogen) atoms. The number of rotatable bonds is 4. The summed E-state index contributed by atoms with van der Waals surface area (Å²) in [5, 5.41) is 21.5. The van der Waals surface area contributed by atoms with E-state index in [-0.39, 0.29) is 0 Å². The zero-order valence-corrected chi connectivity index (χ0v) is 10.7. The van der Waals surface area contributed by atoms with Crippen molar-refractivity contribution in [3.8, 4) is 0 Å². The third-order valence-corrected chi connectivity index (χ3v) is 3.05. The topological polar surface area (TPSA) is 69.6 Å². The third kappa shape index (κ3) is 3.49. The molecule has 6 heteroatoms. The summed E-state index contributed by atoms with van der Waals surface area (Å²) in [5.41, 5.74) is 0.396. The number of benzene rings is 1. The summed E-state index contributed by atoms with van der Waals surface area (Å²) in [6, 6.07) is 4.02. The maximum Gasteiger partial charge on any atom is 0.405 e. The van der Waals surface area contributed by atoms with Gasteiger partial charge >= 0.3 is 6.09 Å². The minimum atomic E-state index is -1.24. The van der Waals surface area contributed by atoms with E-state index in [1.54, 1.807) is 25.1 Å². The second kappa shape index (κ2) is 6.10. The third-order valence-electron chi connectivity index (χ3n) is 2.39. The Kier molecular flexibility index (Phi) is 5.05. The smallest absolute Gasteiger partial charge is 0.405 e. The molecule has 0 aliphatic heterocycles. The number of carboxylic acid groups (broad SMARTS) is 1. The zero-order valence-electron chi connectivity index (χ0n) is 9.15. The van der Waals surface area contributed by atoms with Gasteiger partial charge in [0.1, 0.15) is 0 Å². The highest BCUT2D eigenvalue weighted by Crippen LogP contribution is 2.32. The van der Waals surface area contributed by atoms with E-state index < -0.39 is 18.2 Å². The van der Waals surface area contributed by atoms with Crippen LogP contribution in [0.15, 0.2) is 18.2 Å². The lowest BCUT2D eigenvalue weighted by atomic mass is 9.99. The Labute approximate surface area is 109 Å². The molecule has 0 aliphatic rings. The summed E-state index contributed by atoms with van der Waals surface area (Å²) in [6.07, 6.45) is -1.74. The van der Waals surface area contributed by atoms with Crippen LogP contribution in [0.3, 0.4) is 0 Å². The monoisotopic (exact) mass is 277 g/mol. The van der Waals surface area contributed by atoms with Crippen LogP contribution in [0.25, 0.3) is 0 Å². The predicted octanol–water partition coefficient (Wildman–Crippen LogP) is 3.07. The molecule has 94 valence electrons. The molecule has 0 radical (unpaired) electrons. The van der Waals surface area contributed by atoms with Crippen LogP contribution >= 0.6 is 23.2 Å². The molecule has 1 amide bonds. The van der Waals surface area contributed by atoms with Crippen LogP contribution in [0.4, 0.5) is 4.79 Å². The lowest BCUT2D eigenvalue weighted by Gasteiger charge is -2.24. The molecule has 0 heterocycles. The van der Waals surface area contributed by atoms with E-state index in [0.29, 0.717) is 22.0 Å². The Morgan fingerprint density at radius 2 is 1.94 bits per heavy atom. The number of halogens is 2. The first-order valence-electron chi connectivity index (χ1n) is 5.08. The normalized spacial score (nSPS) is 14.1. The fourth-order valence-corrected chi connectivity index (χ4v) is 2.17. The summed E-state index contributed by atoms with van der Waals surface area (Å²) in [7, 11) is 0. The highest BCUT2D eigenvalue weighted by Gasteiger charge is 2.25. The minimum absolute atomic E-state index is 0.323. The van der Waals surface area contributed by atoms with Crippen molar-refractivity contribution in [3.63, 3.8) is 0 Å². The van der Waals surface area contributed by atoms with Gasteiger partial charge in [0, 0.05) is 15.6 Å². The van der Waals surface area contributed by atoms with Crippen LogP contribution in [0.5, 0.6) is 0 Å². The van der Waals surface area contributed by atoms with Crippen LogP contribution in [0.2, 0.25) is 10.0 Å². The summed E-state index contributed by atoms with van der Waals surface area (Å²) in [5.74, 6) is 0.